The molecule has 0 N–H and O–H groups in total. The van der Waals surface area contributed by atoms with Crippen molar-refractivity contribution >= 4 is 0 Å². The van der Waals surface area contributed by atoms with Gasteiger partial charge in [-0.25, -0.2) is 0 Å². The molecular weight excluding hydrogens is 271 g/mol. The molecule has 0 atom stereocenters. The maximum Gasteiger partial charge on any atom is 0.00437 e. The Morgan fingerprint density at radius 2 is 1.20 bits per heavy atom. The topological polar surface area (TPSA) is 3.24 Å². The zero-order valence-corrected chi connectivity index (χ0v) is 10.9. The van der Waals surface area contributed by atoms with Crippen LogP contribution in [-0.4, -0.2) is 25.5 Å². The fourth-order valence-electron chi connectivity index (χ4n) is 1.21. The van der Waals surface area contributed by atoms with E-state index in [0.717, 1.165) is 6.54 Å². The van der Waals surface area contributed by atoms with Crippen molar-refractivity contribution in [3.05, 3.63) is 63.7 Å². The van der Waals surface area contributed by atoms with E-state index in [1.807, 2.05) is 32.1 Å². The summed E-state index contributed by atoms with van der Waals surface area (Å²) in [5.74, 6) is 1.39. The first-order valence-corrected chi connectivity index (χ1v) is 4.81. The van der Waals surface area contributed by atoms with Crippen LogP contribution in [0.1, 0.15) is 0 Å². The van der Waals surface area contributed by atoms with Crippen molar-refractivity contribution < 1.29 is 19.5 Å². The molecule has 0 aromatic carbocycles. The molecule has 0 aliphatic heterocycles. The summed E-state index contributed by atoms with van der Waals surface area (Å²) in [5, 5.41) is 0. The molecule has 0 aromatic rings. The van der Waals surface area contributed by atoms with Gasteiger partial charge in [-0.15, -0.1) is 0 Å². The summed E-state index contributed by atoms with van der Waals surface area (Å²) in [6, 6.07) is 0. The monoisotopic (exact) mass is 289 g/mol. The second kappa shape index (κ2) is 9.78. The summed E-state index contributed by atoms with van der Waals surface area (Å²) in [7, 11) is 4.15. The van der Waals surface area contributed by atoms with Crippen molar-refractivity contribution in [2.45, 2.75) is 0 Å². The molecule has 0 saturated heterocycles. The second-order valence-corrected chi connectivity index (χ2v) is 3.49. The Balaban J connectivity index is 0.000000280. The van der Waals surface area contributed by atoms with Gasteiger partial charge < -0.3 is 4.90 Å². The van der Waals surface area contributed by atoms with Crippen LogP contribution < -0.4 is 0 Å². The van der Waals surface area contributed by atoms with Crippen molar-refractivity contribution in [1.29, 1.82) is 0 Å². The molecule has 0 aromatic heterocycles. The largest absolute Gasteiger partial charge is 0.309 e. The van der Waals surface area contributed by atoms with Crippen molar-refractivity contribution in [2.24, 2.45) is 0 Å². The molecule has 2 rings (SSSR count). The molecule has 2 aliphatic carbocycles. The van der Waals surface area contributed by atoms with Crippen LogP contribution in [-0.2, 0) is 19.5 Å². The quantitative estimate of drug-likeness (QED) is 0.702. The molecule has 0 spiro atoms. The Kier molecular flexibility index (Phi) is 10.2. The van der Waals surface area contributed by atoms with Crippen LogP contribution in [0, 0.1) is 63.7 Å². The van der Waals surface area contributed by atoms with E-state index in [2.05, 4.69) is 44.7 Å². The van der Waals surface area contributed by atoms with Gasteiger partial charge in [0.05, 0.1) is 0 Å². The van der Waals surface area contributed by atoms with Gasteiger partial charge in [-0.05, 0) is 77.8 Å². The molecule has 2 saturated carbocycles. The SMILES string of the molecule is CN(C)C[C]1[CH][CH][CH][CH]1.[CH]1[CH][CH][CH][CH]1.[Ru]. The van der Waals surface area contributed by atoms with Gasteiger partial charge in [0.1, 0.15) is 0 Å². The van der Waals surface area contributed by atoms with Gasteiger partial charge >= 0.3 is 0 Å². The maximum atomic E-state index is 2.16. The van der Waals surface area contributed by atoms with Crippen LogP contribution in [0.4, 0.5) is 0 Å². The van der Waals surface area contributed by atoms with Crippen LogP contribution in [0.5, 0.6) is 0 Å². The predicted molar refractivity (Wildman–Crippen MR) is 60.5 cm³/mol. The van der Waals surface area contributed by atoms with Gasteiger partial charge in [-0.1, -0.05) is 0 Å². The third-order valence-electron chi connectivity index (χ3n) is 1.79. The Morgan fingerprint density at radius 3 is 1.53 bits per heavy atom. The molecule has 10 radical (unpaired) electrons. The van der Waals surface area contributed by atoms with Crippen LogP contribution in [0.25, 0.3) is 0 Å². The molecule has 2 aliphatic rings. The average molecular weight is 288 g/mol. The molecule has 0 bridgehead atoms. The first kappa shape index (κ1) is 15.6. The molecule has 0 unspecified atom stereocenters. The van der Waals surface area contributed by atoms with Gasteiger partial charge in [0, 0.05) is 26.0 Å². The second-order valence-electron chi connectivity index (χ2n) is 3.49. The summed E-state index contributed by atoms with van der Waals surface area (Å²) >= 11 is 0. The van der Waals surface area contributed by atoms with Crippen LogP contribution in [0.15, 0.2) is 0 Å². The minimum Gasteiger partial charge on any atom is -0.309 e. The zero-order valence-electron chi connectivity index (χ0n) is 9.20. The first-order valence-electron chi connectivity index (χ1n) is 4.81. The van der Waals surface area contributed by atoms with Crippen LogP contribution in [0.2, 0.25) is 0 Å². The molecular formula is C13H17NRu. The van der Waals surface area contributed by atoms with Crippen molar-refractivity contribution in [2.75, 3.05) is 20.6 Å². The van der Waals surface area contributed by atoms with E-state index in [4.69, 9.17) is 0 Å². The Bertz CT molecular complexity index is 119. The van der Waals surface area contributed by atoms with E-state index in [9.17, 15) is 0 Å². The van der Waals surface area contributed by atoms with Crippen molar-refractivity contribution in [1.82, 2.24) is 4.90 Å². The third-order valence-corrected chi connectivity index (χ3v) is 1.79. The van der Waals surface area contributed by atoms with E-state index in [0.29, 0.717) is 0 Å². The summed E-state index contributed by atoms with van der Waals surface area (Å²) in [6.45, 7) is 1.05. The third kappa shape index (κ3) is 8.40. The number of hydrogen-bond donors (Lipinski definition) is 0. The number of rotatable bonds is 2. The van der Waals surface area contributed by atoms with Gasteiger partial charge in [0.2, 0.25) is 0 Å². The summed E-state index contributed by atoms with van der Waals surface area (Å²) in [4.78, 5) is 2.16. The Hall–Kier alpha value is 0.583. The first-order chi connectivity index (χ1) is 6.79. The fourth-order valence-corrected chi connectivity index (χ4v) is 1.21. The van der Waals surface area contributed by atoms with Crippen molar-refractivity contribution in [3.63, 3.8) is 0 Å². The molecule has 2 heteroatoms. The van der Waals surface area contributed by atoms with E-state index < -0.39 is 0 Å². The summed E-state index contributed by atoms with van der Waals surface area (Å²) < 4.78 is 0. The van der Waals surface area contributed by atoms with Crippen molar-refractivity contribution in [3.8, 4) is 0 Å². The number of nitrogens with zero attached hydrogens (tertiary/aromatic N) is 1. The van der Waals surface area contributed by atoms with Gasteiger partial charge in [0.25, 0.3) is 0 Å². The number of hydrogen-bond acceptors (Lipinski definition) is 1. The fraction of sp³-hybridized carbons (Fsp3) is 0.231. The molecule has 0 amide bonds. The van der Waals surface area contributed by atoms with E-state index in [1.54, 1.807) is 0 Å². The van der Waals surface area contributed by atoms with E-state index >= 15 is 0 Å². The predicted octanol–water partition coefficient (Wildman–Crippen LogP) is 1.97. The van der Waals surface area contributed by atoms with E-state index in [-0.39, 0.29) is 19.5 Å². The van der Waals surface area contributed by atoms with E-state index in [1.165, 1.54) is 5.92 Å². The Labute approximate surface area is 109 Å². The minimum atomic E-state index is 0. The van der Waals surface area contributed by atoms with Crippen LogP contribution in [0.3, 0.4) is 0 Å². The summed E-state index contributed by atoms with van der Waals surface area (Å²) in [5.41, 5.74) is 0. The van der Waals surface area contributed by atoms with Gasteiger partial charge in [0.15, 0.2) is 0 Å². The zero-order chi connectivity index (χ0) is 10.2. The van der Waals surface area contributed by atoms with Gasteiger partial charge in [-0.3, -0.25) is 0 Å². The molecule has 2 fully saturated rings. The molecule has 82 valence electrons. The molecule has 15 heavy (non-hydrogen) atoms. The molecule has 1 nitrogen and oxygen atoms in total. The average Bonchev–Trinajstić information content (AvgIpc) is 2.75. The molecule has 0 heterocycles. The minimum absolute atomic E-state index is 0. The normalized spacial score (nSPS) is 21.0. The maximum absolute atomic E-state index is 2.16. The standard InChI is InChI=1S/C8H12N.C5H5.Ru/c1-9(2)7-8-5-3-4-6-8;1-2-4-5-3-1;/h3-6H,7H2,1-2H3;1-5H;. The van der Waals surface area contributed by atoms with Crippen LogP contribution >= 0.6 is 0 Å². The smallest absolute Gasteiger partial charge is 0.00437 e. The van der Waals surface area contributed by atoms with Gasteiger partial charge in [-0.2, -0.15) is 0 Å². The Morgan fingerprint density at radius 1 is 0.800 bits per heavy atom. The summed E-state index contributed by atoms with van der Waals surface area (Å²) in [6.07, 6.45) is 18.4.